The fourth-order valence-electron chi connectivity index (χ4n) is 7.19. The van der Waals surface area contributed by atoms with Gasteiger partial charge in [-0.2, -0.15) is 0 Å². The van der Waals surface area contributed by atoms with Gasteiger partial charge in [-0.3, -0.25) is 0 Å². The molecule has 0 aliphatic heterocycles. The number of rotatable bonds is 5. The van der Waals surface area contributed by atoms with E-state index in [0.717, 1.165) is 22.2 Å². The molecule has 0 amide bonds. The predicted octanol–water partition coefficient (Wildman–Crippen LogP) is 12.3. The van der Waals surface area contributed by atoms with Crippen LogP contribution in [0.25, 0.3) is 66.7 Å². The molecule has 1 heterocycles. The van der Waals surface area contributed by atoms with E-state index in [-0.39, 0.29) is 5.41 Å². The van der Waals surface area contributed by atoms with E-state index in [4.69, 9.17) is 4.98 Å². The maximum atomic E-state index is 5.29. The molecule has 8 rings (SSSR count). The minimum atomic E-state index is -0.0606. The molecule has 0 saturated carbocycles. The molecule has 1 aliphatic carbocycles. The monoisotopic (exact) mass is 591 g/mol. The van der Waals surface area contributed by atoms with Gasteiger partial charge in [0.2, 0.25) is 0 Å². The first kappa shape index (κ1) is 28.2. The summed E-state index contributed by atoms with van der Waals surface area (Å²) in [5, 5.41) is 1.16. The smallest absolute Gasteiger partial charge is 0.0716 e. The highest BCUT2D eigenvalue weighted by atomic mass is 14.7. The Morgan fingerprint density at radius 1 is 0.457 bits per heavy atom. The molecule has 0 unspecified atom stereocenters. The van der Waals surface area contributed by atoms with Crippen LogP contribution in [0.5, 0.6) is 0 Å². The lowest BCUT2D eigenvalue weighted by Gasteiger charge is -2.22. The molecule has 1 heteroatoms. The summed E-state index contributed by atoms with van der Waals surface area (Å²) in [7, 11) is 0. The van der Waals surface area contributed by atoms with Crippen LogP contribution in [0.3, 0.4) is 0 Å². The van der Waals surface area contributed by atoms with Gasteiger partial charge in [0.15, 0.2) is 0 Å². The Labute approximate surface area is 272 Å². The van der Waals surface area contributed by atoms with Crippen molar-refractivity contribution < 1.29 is 0 Å². The Morgan fingerprint density at radius 2 is 1.04 bits per heavy atom. The van der Waals surface area contributed by atoms with Gasteiger partial charge in [-0.1, -0.05) is 149 Å². The van der Waals surface area contributed by atoms with Crippen molar-refractivity contribution in [3.63, 3.8) is 0 Å². The Kier molecular flexibility index (Phi) is 6.73. The third-order valence-corrected chi connectivity index (χ3v) is 9.90. The number of fused-ring (bicyclic) bond motifs is 4. The first-order valence-corrected chi connectivity index (χ1v) is 16.3. The largest absolute Gasteiger partial charge is 0.248 e. The van der Waals surface area contributed by atoms with Crippen LogP contribution in [0.2, 0.25) is 0 Å². The maximum Gasteiger partial charge on any atom is 0.0716 e. The second kappa shape index (κ2) is 11.0. The summed E-state index contributed by atoms with van der Waals surface area (Å²) >= 11 is 0. The maximum absolute atomic E-state index is 5.29. The molecule has 0 N–H and O–H groups in total. The van der Waals surface area contributed by atoms with E-state index < -0.39 is 0 Å². The average molecular weight is 592 g/mol. The average Bonchev–Trinajstić information content (AvgIpc) is 3.33. The van der Waals surface area contributed by atoms with Crippen molar-refractivity contribution in [2.24, 2.45) is 0 Å². The lowest BCUT2D eigenvalue weighted by Crippen LogP contribution is -2.14. The molecule has 1 nitrogen and oxygen atoms in total. The van der Waals surface area contributed by atoms with Crippen LogP contribution < -0.4 is 0 Å². The van der Waals surface area contributed by atoms with E-state index in [0.29, 0.717) is 5.92 Å². The van der Waals surface area contributed by atoms with Crippen molar-refractivity contribution in [1.82, 2.24) is 4.98 Å². The van der Waals surface area contributed by atoms with Crippen LogP contribution in [0.1, 0.15) is 50.3 Å². The molecule has 7 aromatic rings. The summed E-state index contributed by atoms with van der Waals surface area (Å²) in [5.41, 5.74) is 17.1. The number of pyridine rings is 1. The van der Waals surface area contributed by atoms with Crippen molar-refractivity contribution in [2.75, 3.05) is 0 Å². The van der Waals surface area contributed by atoms with Gasteiger partial charge < -0.3 is 0 Å². The van der Waals surface area contributed by atoms with Gasteiger partial charge in [0.1, 0.15) is 0 Å². The highest BCUT2D eigenvalue weighted by Crippen LogP contribution is 2.49. The molecule has 222 valence electrons. The van der Waals surface area contributed by atoms with Gasteiger partial charge in [-0.05, 0) is 91.4 Å². The van der Waals surface area contributed by atoms with E-state index in [1.54, 1.807) is 0 Å². The first-order valence-electron chi connectivity index (χ1n) is 16.3. The van der Waals surface area contributed by atoms with E-state index in [1.807, 2.05) is 0 Å². The normalized spacial score (nSPS) is 13.2. The molecule has 0 atom stereocenters. The lowest BCUT2D eigenvalue weighted by atomic mass is 9.82. The summed E-state index contributed by atoms with van der Waals surface area (Å²) in [6.45, 7) is 9.16. The summed E-state index contributed by atoms with van der Waals surface area (Å²) in [6.07, 6.45) is 0. The summed E-state index contributed by atoms with van der Waals surface area (Å²) in [4.78, 5) is 5.29. The Morgan fingerprint density at radius 3 is 1.80 bits per heavy atom. The van der Waals surface area contributed by atoms with Crippen molar-refractivity contribution >= 4 is 10.9 Å². The third-order valence-electron chi connectivity index (χ3n) is 9.90. The molecule has 0 saturated heterocycles. The van der Waals surface area contributed by atoms with E-state index in [1.165, 1.54) is 61.2 Å². The zero-order chi connectivity index (χ0) is 31.4. The van der Waals surface area contributed by atoms with Gasteiger partial charge in [0.05, 0.1) is 11.2 Å². The standard InChI is InChI=1S/C45H37N/c1-29(2)30-14-16-33(17-15-30)35-23-25-43-40(26-35)39(34-20-18-32(19-21-34)31-10-6-5-7-11-31)28-44(46-43)36-22-24-38-37-12-8-9-13-41(37)45(3,4)42(38)27-36/h5-29H,1-4H3. The molecular weight excluding hydrogens is 555 g/mol. The SMILES string of the molecule is CC(C)c1ccc(-c2ccc3nc(-c4ccc5c(c4)C(C)(C)c4ccccc4-5)cc(-c4ccc(-c5ccccc5)cc4)c3c2)cc1. The molecule has 0 spiro atoms. The number of aromatic nitrogens is 1. The Bertz CT molecular complexity index is 2220. The fraction of sp³-hybridized carbons (Fsp3) is 0.133. The molecule has 0 radical (unpaired) electrons. The molecular formula is C45H37N. The Balaban J connectivity index is 1.28. The predicted molar refractivity (Wildman–Crippen MR) is 195 cm³/mol. The van der Waals surface area contributed by atoms with Gasteiger partial charge in [-0.25, -0.2) is 4.98 Å². The van der Waals surface area contributed by atoms with Crippen LogP contribution in [0.15, 0.2) is 146 Å². The van der Waals surface area contributed by atoms with Gasteiger partial charge >= 0.3 is 0 Å². The first-order chi connectivity index (χ1) is 22.4. The van der Waals surface area contributed by atoms with Crippen molar-refractivity contribution in [1.29, 1.82) is 0 Å². The highest BCUT2D eigenvalue weighted by Gasteiger charge is 2.35. The number of benzene rings is 6. The van der Waals surface area contributed by atoms with Crippen molar-refractivity contribution in [2.45, 2.75) is 39.0 Å². The van der Waals surface area contributed by atoms with Gasteiger partial charge in [-0.15, -0.1) is 0 Å². The number of nitrogens with zero attached hydrogens (tertiary/aromatic N) is 1. The minimum Gasteiger partial charge on any atom is -0.248 e. The van der Waals surface area contributed by atoms with Crippen LogP contribution >= 0.6 is 0 Å². The summed E-state index contributed by atoms with van der Waals surface area (Å²) in [5.74, 6) is 0.512. The quantitative estimate of drug-likeness (QED) is 0.194. The van der Waals surface area contributed by atoms with E-state index in [9.17, 15) is 0 Å². The van der Waals surface area contributed by atoms with Gasteiger partial charge in [0, 0.05) is 16.4 Å². The molecule has 1 aliphatic rings. The molecule has 0 bridgehead atoms. The van der Waals surface area contributed by atoms with Crippen LogP contribution in [-0.2, 0) is 5.41 Å². The molecule has 1 aromatic heterocycles. The van der Waals surface area contributed by atoms with Crippen LogP contribution in [0.4, 0.5) is 0 Å². The second-order valence-electron chi connectivity index (χ2n) is 13.4. The zero-order valence-corrected chi connectivity index (χ0v) is 26.9. The van der Waals surface area contributed by atoms with E-state index in [2.05, 4.69) is 173 Å². The third kappa shape index (κ3) is 4.75. The minimum absolute atomic E-state index is 0.0606. The van der Waals surface area contributed by atoms with Crippen LogP contribution in [0, 0.1) is 0 Å². The number of hydrogen-bond donors (Lipinski definition) is 0. The lowest BCUT2D eigenvalue weighted by molar-refractivity contribution is 0.660. The van der Waals surface area contributed by atoms with Crippen LogP contribution in [-0.4, -0.2) is 4.98 Å². The Hall–Kier alpha value is -5.27. The fourth-order valence-corrected chi connectivity index (χ4v) is 7.19. The molecule has 0 fully saturated rings. The summed E-state index contributed by atoms with van der Waals surface area (Å²) < 4.78 is 0. The molecule has 46 heavy (non-hydrogen) atoms. The molecule has 6 aromatic carbocycles. The summed E-state index contributed by atoms with van der Waals surface area (Å²) in [6, 6.07) is 53.3. The topological polar surface area (TPSA) is 12.9 Å². The van der Waals surface area contributed by atoms with Gasteiger partial charge in [0.25, 0.3) is 0 Å². The van der Waals surface area contributed by atoms with Crippen molar-refractivity contribution in [3.05, 3.63) is 162 Å². The van der Waals surface area contributed by atoms with E-state index >= 15 is 0 Å². The number of hydrogen-bond acceptors (Lipinski definition) is 1. The second-order valence-corrected chi connectivity index (χ2v) is 13.4. The zero-order valence-electron chi connectivity index (χ0n) is 26.9. The van der Waals surface area contributed by atoms with Crippen molar-refractivity contribution in [3.8, 4) is 55.8 Å². The highest BCUT2D eigenvalue weighted by molar-refractivity contribution is 5.99.